The molecule has 0 fully saturated rings. The highest BCUT2D eigenvalue weighted by Crippen LogP contribution is 2.55. The molecule has 1 aliphatic rings. The van der Waals surface area contributed by atoms with E-state index in [1.807, 2.05) is 0 Å². The van der Waals surface area contributed by atoms with Crippen molar-refractivity contribution >= 4 is 0 Å². The number of hydrogen-bond acceptors (Lipinski definition) is 0. The molecule has 0 saturated carbocycles. The first-order valence-corrected chi connectivity index (χ1v) is 9.98. The van der Waals surface area contributed by atoms with Gasteiger partial charge < -0.3 is 0 Å². The Morgan fingerprint density at radius 2 is 1.14 bits per heavy atom. The van der Waals surface area contributed by atoms with E-state index in [1.54, 1.807) is 0 Å². The first kappa shape index (κ1) is 17.0. The molecule has 0 amide bonds. The highest BCUT2D eigenvalue weighted by atomic mass is 14.4. The summed E-state index contributed by atoms with van der Waals surface area (Å²) in [5, 5.41) is 0. The summed E-state index contributed by atoms with van der Waals surface area (Å²) in [6, 6.07) is 33.1. The number of benzene rings is 4. The Morgan fingerprint density at radius 1 is 0.536 bits per heavy atom. The fourth-order valence-corrected chi connectivity index (χ4v) is 4.87. The third-order valence-corrected chi connectivity index (χ3v) is 6.22. The van der Waals surface area contributed by atoms with Gasteiger partial charge in [-0.2, -0.15) is 0 Å². The monoisotopic (exact) mass is 360 g/mol. The highest BCUT2D eigenvalue weighted by Gasteiger charge is 2.39. The smallest absolute Gasteiger partial charge is 0.0165 e. The van der Waals surface area contributed by atoms with E-state index in [-0.39, 0.29) is 5.41 Å². The van der Waals surface area contributed by atoms with Gasteiger partial charge in [0, 0.05) is 5.41 Å². The normalized spacial score (nSPS) is 13.8. The van der Waals surface area contributed by atoms with Crippen LogP contribution in [0, 0.1) is 6.92 Å². The van der Waals surface area contributed by atoms with Gasteiger partial charge >= 0.3 is 0 Å². The number of rotatable bonds is 2. The number of aryl methyl sites for hydroxylation is 1. The minimum atomic E-state index is -0.0334. The van der Waals surface area contributed by atoms with E-state index in [9.17, 15) is 0 Å². The van der Waals surface area contributed by atoms with Crippen LogP contribution < -0.4 is 0 Å². The molecule has 28 heavy (non-hydrogen) atoms. The van der Waals surface area contributed by atoms with E-state index < -0.39 is 0 Å². The van der Waals surface area contributed by atoms with Crippen molar-refractivity contribution in [3.63, 3.8) is 0 Å². The maximum Gasteiger partial charge on any atom is 0.0165 e. The predicted octanol–water partition coefficient (Wildman–Crippen LogP) is 7.64. The average Bonchev–Trinajstić information content (AvgIpc) is 2.97. The summed E-state index contributed by atoms with van der Waals surface area (Å²) in [4.78, 5) is 0. The van der Waals surface area contributed by atoms with Crippen molar-refractivity contribution in [1.82, 2.24) is 0 Å². The molecule has 0 nitrogen and oxygen atoms in total. The molecule has 4 aromatic rings. The van der Waals surface area contributed by atoms with Crippen molar-refractivity contribution in [3.8, 4) is 33.4 Å². The van der Waals surface area contributed by atoms with Crippen molar-refractivity contribution < 1.29 is 0 Å². The van der Waals surface area contributed by atoms with Crippen LogP contribution in [0.15, 0.2) is 91.0 Å². The molecule has 5 rings (SSSR count). The Balaban J connectivity index is 1.91. The molecule has 0 spiro atoms. The maximum absolute atomic E-state index is 2.37. The fourth-order valence-electron chi connectivity index (χ4n) is 4.87. The molecule has 0 heteroatoms. The van der Waals surface area contributed by atoms with Crippen LogP contribution in [0.4, 0.5) is 0 Å². The summed E-state index contributed by atoms with van der Waals surface area (Å²) >= 11 is 0. The van der Waals surface area contributed by atoms with E-state index in [0.717, 1.165) is 0 Å². The van der Waals surface area contributed by atoms with Gasteiger partial charge in [0.1, 0.15) is 0 Å². The quantitative estimate of drug-likeness (QED) is 0.344. The Morgan fingerprint density at radius 3 is 1.89 bits per heavy atom. The van der Waals surface area contributed by atoms with E-state index in [2.05, 4.69) is 112 Å². The molecule has 0 aliphatic heterocycles. The van der Waals surface area contributed by atoms with E-state index in [4.69, 9.17) is 0 Å². The molecule has 1 aliphatic carbocycles. The van der Waals surface area contributed by atoms with Gasteiger partial charge in [-0.3, -0.25) is 0 Å². The number of hydrogen-bond donors (Lipinski definition) is 0. The SMILES string of the molecule is Cc1ccccc1-c1ccc(-c2ccccc2)c2c1C(C)(C)c1ccccc1-2. The standard InChI is InChI=1S/C28H24/c1-19-11-7-8-14-21(19)23-18-17-22(20-12-5-4-6-13-20)26-24-15-9-10-16-25(24)28(2,3)27(23)26/h4-18H,1-3H3. The van der Waals surface area contributed by atoms with Gasteiger partial charge in [0.2, 0.25) is 0 Å². The zero-order valence-corrected chi connectivity index (χ0v) is 16.7. The van der Waals surface area contributed by atoms with Crippen LogP contribution in [-0.2, 0) is 5.41 Å². The topological polar surface area (TPSA) is 0 Å². The summed E-state index contributed by atoms with van der Waals surface area (Å²) < 4.78 is 0. The molecule has 0 bridgehead atoms. The van der Waals surface area contributed by atoms with Gasteiger partial charge in [-0.05, 0) is 57.0 Å². The van der Waals surface area contributed by atoms with E-state index in [0.29, 0.717) is 0 Å². The summed E-state index contributed by atoms with van der Waals surface area (Å²) in [5.41, 5.74) is 12.2. The van der Waals surface area contributed by atoms with E-state index >= 15 is 0 Å². The molecule has 0 radical (unpaired) electrons. The molecular weight excluding hydrogens is 336 g/mol. The lowest BCUT2D eigenvalue weighted by molar-refractivity contribution is 0.662. The molecule has 0 heterocycles. The summed E-state index contributed by atoms with van der Waals surface area (Å²) in [6.07, 6.45) is 0. The van der Waals surface area contributed by atoms with Crippen LogP contribution in [0.25, 0.3) is 33.4 Å². The summed E-state index contributed by atoms with van der Waals surface area (Å²) in [7, 11) is 0. The lowest BCUT2D eigenvalue weighted by Gasteiger charge is -2.26. The van der Waals surface area contributed by atoms with Crippen molar-refractivity contribution in [3.05, 3.63) is 108 Å². The molecule has 0 aromatic heterocycles. The van der Waals surface area contributed by atoms with Crippen LogP contribution in [0.1, 0.15) is 30.5 Å². The second-order valence-electron chi connectivity index (χ2n) is 8.26. The largest absolute Gasteiger partial charge is 0.0622 e. The molecule has 0 unspecified atom stereocenters. The summed E-state index contributed by atoms with van der Waals surface area (Å²) in [5.74, 6) is 0. The van der Waals surface area contributed by atoms with Crippen molar-refractivity contribution in [2.45, 2.75) is 26.2 Å². The Kier molecular flexibility index (Phi) is 3.77. The molecule has 136 valence electrons. The molecule has 0 atom stereocenters. The minimum absolute atomic E-state index is 0.0334. The lowest BCUT2D eigenvalue weighted by atomic mass is 9.77. The maximum atomic E-state index is 2.37. The van der Waals surface area contributed by atoms with Gasteiger partial charge in [-0.25, -0.2) is 0 Å². The van der Waals surface area contributed by atoms with Crippen molar-refractivity contribution in [1.29, 1.82) is 0 Å². The van der Waals surface area contributed by atoms with Crippen molar-refractivity contribution in [2.75, 3.05) is 0 Å². The Hall–Kier alpha value is -3.12. The van der Waals surface area contributed by atoms with Gasteiger partial charge in [-0.1, -0.05) is 105 Å². The number of fused-ring (bicyclic) bond motifs is 3. The first-order valence-electron chi connectivity index (χ1n) is 9.98. The third-order valence-electron chi connectivity index (χ3n) is 6.22. The van der Waals surface area contributed by atoms with Crippen LogP contribution in [-0.4, -0.2) is 0 Å². The van der Waals surface area contributed by atoms with Gasteiger partial charge in [0.05, 0.1) is 0 Å². The first-order chi connectivity index (χ1) is 13.6. The average molecular weight is 361 g/mol. The molecule has 4 aromatic carbocycles. The Labute approximate surface area is 167 Å². The minimum Gasteiger partial charge on any atom is -0.0622 e. The zero-order valence-electron chi connectivity index (χ0n) is 16.7. The summed E-state index contributed by atoms with van der Waals surface area (Å²) in [6.45, 7) is 6.95. The fraction of sp³-hybridized carbons (Fsp3) is 0.143. The predicted molar refractivity (Wildman–Crippen MR) is 120 cm³/mol. The Bertz CT molecular complexity index is 1180. The van der Waals surface area contributed by atoms with Crippen LogP contribution in [0.3, 0.4) is 0 Å². The van der Waals surface area contributed by atoms with Gasteiger partial charge in [-0.15, -0.1) is 0 Å². The second-order valence-corrected chi connectivity index (χ2v) is 8.26. The second kappa shape index (κ2) is 6.21. The van der Waals surface area contributed by atoms with Gasteiger partial charge in [0.25, 0.3) is 0 Å². The zero-order chi connectivity index (χ0) is 19.3. The lowest BCUT2D eigenvalue weighted by Crippen LogP contribution is -2.16. The van der Waals surface area contributed by atoms with Crippen LogP contribution in [0.2, 0.25) is 0 Å². The van der Waals surface area contributed by atoms with Crippen LogP contribution >= 0.6 is 0 Å². The molecule has 0 saturated heterocycles. The van der Waals surface area contributed by atoms with Gasteiger partial charge in [0.15, 0.2) is 0 Å². The van der Waals surface area contributed by atoms with Crippen LogP contribution in [0.5, 0.6) is 0 Å². The molecular formula is C28H24. The molecule has 0 N–H and O–H groups in total. The van der Waals surface area contributed by atoms with Crippen molar-refractivity contribution in [2.24, 2.45) is 0 Å². The van der Waals surface area contributed by atoms with E-state index in [1.165, 1.54) is 50.1 Å². The highest BCUT2D eigenvalue weighted by molar-refractivity contribution is 5.97. The third kappa shape index (κ3) is 2.38.